The van der Waals surface area contributed by atoms with Crippen molar-refractivity contribution in [3.05, 3.63) is 35.8 Å². The molecule has 1 saturated heterocycles. The largest absolute Gasteiger partial charge is 0.391 e. The fourth-order valence-electron chi connectivity index (χ4n) is 2.71. The summed E-state index contributed by atoms with van der Waals surface area (Å²) in [5.41, 5.74) is 3.34. The molecule has 3 rings (SSSR count). The summed E-state index contributed by atoms with van der Waals surface area (Å²) in [6.07, 6.45) is 1.69. The number of aromatic nitrogens is 2. The highest BCUT2D eigenvalue weighted by molar-refractivity contribution is 5.85. The predicted octanol–water partition coefficient (Wildman–Crippen LogP) is 0.734. The molecule has 1 fully saturated rings. The molecule has 5 nitrogen and oxygen atoms in total. The van der Waals surface area contributed by atoms with E-state index in [0.29, 0.717) is 12.5 Å². The summed E-state index contributed by atoms with van der Waals surface area (Å²) in [5.74, 6) is 0.306. The zero-order chi connectivity index (χ0) is 13.2. The standard InChI is InChI=1S/C14H20N4O.ClH/c1-10-3-2-4-14-17-8-12(18(10)14)7-15-5-11-6-16-9-13(11)19;/h2-4,8,11,13,15-16,19H,5-7,9H2,1H3;1H. The zero-order valence-electron chi connectivity index (χ0n) is 11.5. The highest BCUT2D eigenvalue weighted by atomic mass is 35.5. The minimum Gasteiger partial charge on any atom is -0.391 e. The first-order chi connectivity index (χ1) is 9.25. The van der Waals surface area contributed by atoms with Gasteiger partial charge < -0.3 is 20.1 Å². The number of nitrogens with zero attached hydrogens (tertiary/aromatic N) is 2. The number of β-amino-alcohol motifs (C(OH)–C–C–N with tert-alkyl or cyclic N) is 1. The Morgan fingerprint density at radius 1 is 1.45 bits per heavy atom. The first-order valence-corrected chi connectivity index (χ1v) is 6.77. The van der Waals surface area contributed by atoms with Gasteiger partial charge in [-0.15, -0.1) is 12.4 Å². The van der Waals surface area contributed by atoms with E-state index in [9.17, 15) is 5.11 Å². The van der Waals surface area contributed by atoms with Crippen molar-refractivity contribution in [2.75, 3.05) is 19.6 Å². The van der Waals surface area contributed by atoms with Crippen LogP contribution in [0.2, 0.25) is 0 Å². The molecule has 110 valence electrons. The van der Waals surface area contributed by atoms with Gasteiger partial charge in [0.1, 0.15) is 5.65 Å². The van der Waals surface area contributed by atoms with E-state index in [1.807, 2.05) is 18.3 Å². The number of hydrogen-bond donors (Lipinski definition) is 3. The Balaban J connectivity index is 0.00000147. The van der Waals surface area contributed by atoms with Crippen LogP contribution in [-0.4, -0.2) is 40.2 Å². The van der Waals surface area contributed by atoms with Gasteiger partial charge in [0.15, 0.2) is 0 Å². The van der Waals surface area contributed by atoms with Crippen molar-refractivity contribution in [2.24, 2.45) is 5.92 Å². The number of imidazole rings is 1. The second kappa shape index (κ2) is 6.54. The van der Waals surface area contributed by atoms with Crippen LogP contribution in [0.1, 0.15) is 11.4 Å². The molecule has 0 saturated carbocycles. The number of pyridine rings is 1. The van der Waals surface area contributed by atoms with Crippen LogP contribution in [0.5, 0.6) is 0 Å². The molecule has 0 radical (unpaired) electrons. The fraction of sp³-hybridized carbons (Fsp3) is 0.500. The van der Waals surface area contributed by atoms with Crippen molar-refractivity contribution in [2.45, 2.75) is 19.6 Å². The van der Waals surface area contributed by atoms with Gasteiger partial charge in [-0.3, -0.25) is 0 Å². The number of aryl methyl sites for hydroxylation is 1. The molecule has 1 aliphatic heterocycles. The quantitative estimate of drug-likeness (QED) is 0.779. The van der Waals surface area contributed by atoms with Crippen molar-refractivity contribution >= 4 is 18.1 Å². The Morgan fingerprint density at radius 2 is 2.30 bits per heavy atom. The highest BCUT2D eigenvalue weighted by Crippen LogP contribution is 2.11. The third-order valence-electron chi connectivity index (χ3n) is 3.81. The minimum atomic E-state index is -0.226. The van der Waals surface area contributed by atoms with E-state index in [1.165, 1.54) is 5.69 Å². The lowest BCUT2D eigenvalue weighted by molar-refractivity contribution is 0.146. The summed E-state index contributed by atoms with van der Waals surface area (Å²) < 4.78 is 2.16. The second-order valence-electron chi connectivity index (χ2n) is 5.23. The molecule has 0 spiro atoms. The van der Waals surface area contributed by atoms with E-state index in [4.69, 9.17) is 0 Å². The molecule has 20 heavy (non-hydrogen) atoms. The Labute approximate surface area is 124 Å². The van der Waals surface area contributed by atoms with Gasteiger partial charge in [-0.05, 0) is 19.1 Å². The number of aliphatic hydroxyl groups excluding tert-OH is 1. The van der Waals surface area contributed by atoms with Crippen LogP contribution >= 0.6 is 12.4 Å². The van der Waals surface area contributed by atoms with Crippen molar-refractivity contribution in [3.8, 4) is 0 Å². The first kappa shape index (κ1) is 15.3. The fourth-order valence-corrected chi connectivity index (χ4v) is 2.71. The van der Waals surface area contributed by atoms with Gasteiger partial charge in [-0.1, -0.05) is 6.07 Å². The molecule has 3 heterocycles. The van der Waals surface area contributed by atoms with Gasteiger partial charge in [0.2, 0.25) is 0 Å². The summed E-state index contributed by atoms with van der Waals surface area (Å²) in [6, 6.07) is 6.12. The number of aliphatic hydroxyl groups is 1. The van der Waals surface area contributed by atoms with E-state index < -0.39 is 0 Å². The van der Waals surface area contributed by atoms with Crippen molar-refractivity contribution in [1.29, 1.82) is 0 Å². The zero-order valence-corrected chi connectivity index (χ0v) is 12.4. The smallest absolute Gasteiger partial charge is 0.137 e. The monoisotopic (exact) mass is 296 g/mol. The molecule has 0 amide bonds. The average molecular weight is 297 g/mol. The van der Waals surface area contributed by atoms with Gasteiger partial charge >= 0.3 is 0 Å². The Kier molecular flexibility index (Phi) is 4.99. The summed E-state index contributed by atoms with van der Waals surface area (Å²) in [4.78, 5) is 4.41. The normalized spacial score (nSPS) is 22.1. The molecular formula is C14H21ClN4O. The lowest BCUT2D eigenvalue weighted by Gasteiger charge is -2.14. The van der Waals surface area contributed by atoms with Gasteiger partial charge in [0.25, 0.3) is 0 Å². The van der Waals surface area contributed by atoms with Crippen LogP contribution in [0, 0.1) is 12.8 Å². The Hall–Kier alpha value is -1.14. The molecule has 2 atom stereocenters. The van der Waals surface area contributed by atoms with Crippen LogP contribution < -0.4 is 10.6 Å². The molecule has 0 aliphatic carbocycles. The summed E-state index contributed by atoms with van der Waals surface area (Å²) in [7, 11) is 0. The molecule has 2 aromatic heterocycles. The number of fused-ring (bicyclic) bond motifs is 1. The minimum absolute atomic E-state index is 0. The molecule has 6 heteroatoms. The number of nitrogens with one attached hydrogen (secondary N) is 2. The average Bonchev–Trinajstić information content (AvgIpc) is 2.98. The topological polar surface area (TPSA) is 61.6 Å². The van der Waals surface area contributed by atoms with Gasteiger partial charge in [0, 0.05) is 37.8 Å². The predicted molar refractivity (Wildman–Crippen MR) is 81.3 cm³/mol. The number of hydrogen-bond acceptors (Lipinski definition) is 4. The van der Waals surface area contributed by atoms with Crippen LogP contribution in [0.4, 0.5) is 0 Å². The molecular weight excluding hydrogens is 276 g/mol. The van der Waals surface area contributed by atoms with Crippen molar-refractivity contribution < 1.29 is 5.11 Å². The summed E-state index contributed by atoms with van der Waals surface area (Å²) in [6.45, 7) is 5.28. The third-order valence-corrected chi connectivity index (χ3v) is 3.81. The maximum absolute atomic E-state index is 9.74. The van der Waals surface area contributed by atoms with E-state index in [1.54, 1.807) is 0 Å². The van der Waals surface area contributed by atoms with Crippen LogP contribution in [0.25, 0.3) is 5.65 Å². The Bertz CT molecular complexity index is 571. The molecule has 2 aromatic rings. The number of rotatable bonds is 4. The molecule has 0 bridgehead atoms. The SMILES string of the molecule is Cc1cccc2ncc(CNCC3CNCC3O)n12.Cl. The molecule has 3 N–H and O–H groups in total. The number of halogens is 1. The van der Waals surface area contributed by atoms with Crippen molar-refractivity contribution in [3.63, 3.8) is 0 Å². The van der Waals surface area contributed by atoms with Crippen molar-refractivity contribution in [1.82, 2.24) is 20.0 Å². The van der Waals surface area contributed by atoms with E-state index in [-0.39, 0.29) is 18.5 Å². The summed E-state index contributed by atoms with van der Waals surface area (Å²) >= 11 is 0. The van der Waals surface area contributed by atoms with E-state index in [0.717, 1.165) is 31.0 Å². The Morgan fingerprint density at radius 3 is 3.05 bits per heavy atom. The van der Waals surface area contributed by atoms with Gasteiger partial charge in [-0.2, -0.15) is 0 Å². The van der Waals surface area contributed by atoms with Crippen LogP contribution in [-0.2, 0) is 6.54 Å². The van der Waals surface area contributed by atoms with Crippen LogP contribution in [0.3, 0.4) is 0 Å². The molecule has 0 aromatic carbocycles. The maximum atomic E-state index is 9.74. The third kappa shape index (κ3) is 2.96. The van der Waals surface area contributed by atoms with Crippen LogP contribution in [0.15, 0.2) is 24.4 Å². The lowest BCUT2D eigenvalue weighted by atomic mass is 10.1. The molecule has 2 unspecified atom stereocenters. The van der Waals surface area contributed by atoms with E-state index in [2.05, 4.69) is 33.0 Å². The van der Waals surface area contributed by atoms with Gasteiger partial charge in [0.05, 0.1) is 18.0 Å². The maximum Gasteiger partial charge on any atom is 0.137 e. The second-order valence-corrected chi connectivity index (χ2v) is 5.23. The lowest BCUT2D eigenvalue weighted by Crippen LogP contribution is -2.30. The highest BCUT2D eigenvalue weighted by Gasteiger charge is 2.24. The summed E-state index contributed by atoms with van der Waals surface area (Å²) in [5, 5.41) is 16.4. The van der Waals surface area contributed by atoms with E-state index >= 15 is 0 Å². The molecule has 1 aliphatic rings. The van der Waals surface area contributed by atoms with Gasteiger partial charge in [-0.25, -0.2) is 4.98 Å². The first-order valence-electron chi connectivity index (χ1n) is 6.77.